The normalized spacial score (nSPS) is 11.3. The van der Waals surface area contributed by atoms with Crippen LogP contribution in [-0.2, 0) is 9.84 Å². The number of hydrogen-bond donors (Lipinski definition) is 1. The third-order valence-corrected chi connectivity index (χ3v) is 4.55. The minimum atomic E-state index is -2.89. The van der Waals surface area contributed by atoms with Gasteiger partial charge in [0.15, 0.2) is 0 Å². The summed E-state index contributed by atoms with van der Waals surface area (Å²) >= 11 is 6.82. The molecule has 0 atom stereocenters. The molecular formula is C11H15Br2NO3S. The van der Waals surface area contributed by atoms with Crippen LogP contribution in [0.5, 0.6) is 5.75 Å². The molecule has 0 aliphatic rings. The van der Waals surface area contributed by atoms with Crippen molar-refractivity contribution in [2.24, 2.45) is 0 Å². The van der Waals surface area contributed by atoms with Crippen molar-refractivity contribution in [2.45, 2.75) is 6.42 Å². The van der Waals surface area contributed by atoms with Gasteiger partial charge in [-0.15, -0.1) is 0 Å². The van der Waals surface area contributed by atoms with Crippen LogP contribution in [0.1, 0.15) is 6.42 Å². The first kappa shape index (κ1) is 15.8. The van der Waals surface area contributed by atoms with Crippen LogP contribution in [0.4, 0.5) is 5.69 Å². The second-order valence-corrected chi connectivity index (χ2v) is 7.85. The van der Waals surface area contributed by atoms with E-state index in [0.717, 1.165) is 20.4 Å². The second-order valence-electron chi connectivity index (χ2n) is 3.88. The van der Waals surface area contributed by atoms with Crippen LogP contribution in [0.2, 0.25) is 0 Å². The van der Waals surface area contributed by atoms with Gasteiger partial charge < -0.3 is 10.1 Å². The Morgan fingerprint density at radius 1 is 1.28 bits per heavy atom. The van der Waals surface area contributed by atoms with E-state index in [9.17, 15) is 8.42 Å². The van der Waals surface area contributed by atoms with Crippen LogP contribution in [0, 0.1) is 0 Å². The number of hydrogen-bond acceptors (Lipinski definition) is 4. The Hall–Kier alpha value is -0.270. The first-order chi connectivity index (χ1) is 8.33. The summed E-state index contributed by atoms with van der Waals surface area (Å²) in [6.45, 7) is 0.594. The molecule has 102 valence electrons. The molecule has 0 fully saturated rings. The number of methoxy groups -OCH3 is 1. The van der Waals surface area contributed by atoms with Gasteiger partial charge in [0.1, 0.15) is 15.6 Å². The van der Waals surface area contributed by atoms with E-state index in [-0.39, 0.29) is 5.75 Å². The smallest absolute Gasteiger partial charge is 0.147 e. The summed E-state index contributed by atoms with van der Waals surface area (Å²) in [6.07, 6.45) is 1.81. The Bertz CT molecular complexity index is 517. The third-order valence-electron chi connectivity index (χ3n) is 2.25. The van der Waals surface area contributed by atoms with E-state index < -0.39 is 9.84 Å². The van der Waals surface area contributed by atoms with Crippen molar-refractivity contribution in [1.29, 1.82) is 0 Å². The van der Waals surface area contributed by atoms with Gasteiger partial charge in [-0.3, -0.25) is 0 Å². The SMILES string of the molecule is COc1cc(NCCCS(C)(=O)=O)c(Br)cc1Br. The fourth-order valence-corrected chi connectivity index (χ4v) is 3.34. The molecule has 0 saturated carbocycles. The number of benzene rings is 1. The van der Waals surface area contributed by atoms with Crippen molar-refractivity contribution >= 4 is 47.4 Å². The maximum absolute atomic E-state index is 11.0. The van der Waals surface area contributed by atoms with Gasteiger partial charge in [0.25, 0.3) is 0 Å². The summed E-state index contributed by atoms with van der Waals surface area (Å²) in [5, 5.41) is 3.18. The number of halogens is 2. The molecule has 0 aliphatic heterocycles. The fourth-order valence-electron chi connectivity index (χ4n) is 1.38. The van der Waals surface area contributed by atoms with Crippen molar-refractivity contribution in [3.8, 4) is 5.75 Å². The number of anilines is 1. The van der Waals surface area contributed by atoms with E-state index in [2.05, 4.69) is 37.2 Å². The molecule has 18 heavy (non-hydrogen) atoms. The van der Waals surface area contributed by atoms with Crippen molar-refractivity contribution in [3.05, 3.63) is 21.1 Å². The molecule has 1 rings (SSSR count). The van der Waals surface area contributed by atoms with Crippen LogP contribution < -0.4 is 10.1 Å². The molecule has 0 heterocycles. The zero-order valence-electron chi connectivity index (χ0n) is 10.2. The molecule has 1 aromatic carbocycles. The Kier molecular flexibility index (Phi) is 5.94. The fraction of sp³-hybridized carbons (Fsp3) is 0.455. The topological polar surface area (TPSA) is 55.4 Å². The summed E-state index contributed by atoms with van der Waals surface area (Å²) in [5.41, 5.74) is 0.878. The molecule has 0 amide bonds. The highest BCUT2D eigenvalue weighted by atomic mass is 79.9. The van der Waals surface area contributed by atoms with Crippen molar-refractivity contribution in [1.82, 2.24) is 0 Å². The van der Waals surface area contributed by atoms with Crippen LogP contribution in [0.15, 0.2) is 21.1 Å². The van der Waals surface area contributed by atoms with Gasteiger partial charge in [0.2, 0.25) is 0 Å². The predicted molar refractivity (Wildman–Crippen MR) is 81.2 cm³/mol. The average molecular weight is 401 g/mol. The quantitative estimate of drug-likeness (QED) is 0.745. The minimum Gasteiger partial charge on any atom is -0.495 e. The summed E-state index contributed by atoms with van der Waals surface area (Å²) in [4.78, 5) is 0. The van der Waals surface area contributed by atoms with E-state index >= 15 is 0 Å². The number of nitrogens with one attached hydrogen (secondary N) is 1. The maximum Gasteiger partial charge on any atom is 0.147 e. The Balaban J connectivity index is 2.62. The molecule has 4 nitrogen and oxygen atoms in total. The van der Waals surface area contributed by atoms with Gasteiger partial charge in [-0.2, -0.15) is 0 Å². The van der Waals surface area contributed by atoms with Gasteiger partial charge in [0, 0.05) is 23.3 Å². The lowest BCUT2D eigenvalue weighted by Gasteiger charge is -2.11. The van der Waals surface area contributed by atoms with Crippen LogP contribution in [0.25, 0.3) is 0 Å². The molecule has 0 unspecified atom stereocenters. The van der Waals surface area contributed by atoms with E-state index in [4.69, 9.17) is 4.74 Å². The van der Waals surface area contributed by atoms with Crippen LogP contribution >= 0.6 is 31.9 Å². The Labute approximate surface area is 124 Å². The maximum atomic E-state index is 11.0. The third kappa shape index (κ3) is 5.16. The molecule has 7 heteroatoms. The van der Waals surface area contributed by atoms with E-state index in [1.165, 1.54) is 6.26 Å². The average Bonchev–Trinajstić information content (AvgIpc) is 2.25. The number of sulfone groups is 1. The Morgan fingerprint density at radius 3 is 2.50 bits per heavy atom. The molecular weight excluding hydrogens is 386 g/mol. The highest BCUT2D eigenvalue weighted by Crippen LogP contribution is 2.34. The molecule has 0 spiro atoms. The van der Waals surface area contributed by atoms with E-state index in [0.29, 0.717) is 13.0 Å². The molecule has 1 N–H and O–H groups in total. The van der Waals surface area contributed by atoms with Gasteiger partial charge in [-0.1, -0.05) is 0 Å². The molecule has 0 aromatic heterocycles. The highest BCUT2D eigenvalue weighted by molar-refractivity contribution is 9.11. The van der Waals surface area contributed by atoms with Gasteiger partial charge in [-0.05, 0) is 44.3 Å². The summed E-state index contributed by atoms with van der Waals surface area (Å²) in [7, 11) is -1.29. The van der Waals surface area contributed by atoms with Crippen molar-refractivity contribution in [2.75, 3.05) is 31.0 Å². The van der Waals surface area contributed by atoms with Gasteiger partial charge in [-0.25, -0.2) is 8.42 Å². The Morgan fingerprint density at radius 2 is 1.94 bits per heavy atom. The molecule has 0 bridgehead atoms. The zero-order chi connectivity index (χ0) is 13.8. The van der Waals surface area contributed by atoms with E-state index in [1.54, 1.807) is 7.11 Å². The van der Waals surface area contributed by atoms with E-state index in [1.807, 2.05) is 12.1 Å². The summed E-state index contributed by atoms with van der Waals surface area (Å²) in [5.74, 6) is 0.912. The lowest BCUT2D eigenvalue weighted by atomic mass is 10.3. The predicted octanol–water partition coefficient (Wildman–Crippen LogP) is 3.07. The van der Waals surface area contributed by atoms with Crippen LogP contribution in [-0.4, -0.2) is 34.1 Å². The largest absolute Gasteiger partial charge is 0.495 e. The van der Waals surface area contributed by atoms with Gasteiger partial charge >= 0.3 is 0 Å². The molecule has 0 radical (unpaired) electrons. The number of ether oxygens (including phenoxy) is 1. The highest BCUT2D eigenvalue weighted by Gasteiger charge is 2.07. The van der Waals surface area contributed by atoms with Crippen molar-refractivity contribution < 1.29 is 13.2 Å². The summed E-state index contributed by atoms with van der Waals surface area (Å²) in [6, 6.07) is 3.74. The lowest BCUT2D eigenvalue weighted by Crippen LogP contribution is -2.10. The zero-order valence-corrected chi connectivity index (χ0v) is 14.2. The first-order valence-corrected chi connectivity index (χ1v) is 8.93. The molecule has 0 saturated heterocycles. The molecule has 1 aromatic rings. The number of rotatable bonds is 6. The van der Waals surface area contributed by atoms with Gasteiger partial charge in [0.05, 0.1) is 23.0 Å². The van der Waals surface area contributed by atoms with Crippen molar-refractivity contribution in [3.63, 3.8) is 0 Å². The molecule has 0 aliphatic carbocycles. The summed E-state index contributed by atoms with van der Waals surface area (Å²) < 4.78 is 28.9. The first-order valence-electron chi connectivity index (χ1n) is 5.28. The lowest BCUT2D eigenvalue weighted by molar-refractivity contribution is 0.412. The van der Waals surface area contributed by atoms with Crippen LogP contribution in [0.3, 0.4) is 0 Å². The monoisotopic (exact) mass is 399 g/mol. The second kappa shape index (κ2) is 6.77. The minimum absolute atomic E-state index is 0.186. The standard InChI is InChI=1S/C11H15Br2NO3S/c1-17-11-7-10(8(12)6-9(11)13)14-4-3-5-18(2,15)16/h6-7,14H,3-5H2,1-2H3.